The fourth-order valence-electron chi connectivity index (χ4n) is 1.80. The van der Waals surface area contributed by atoms with Gasteiger partial charge in [0.25, 0.3) is 0 Å². The molecule has 12 N–H and O–H groups in total. The largest absolute Gasteiger partial charge is 0.466 e. The predicted octanol–water partition coefficient (Wildman–Crippen LogP) is -2.88. The van der Waals surface area contributed by atoms with Crippen LogP contribution >= 0.6 is 23.5 Å². The molecule has 1 fully saturated rings. The van der Waals surface area contributed by atoms with Gasteiger partial charge in [-0.05, 0) is 18.8 Å². The van der Waals surface area contributed by atoms with Crippen LogP contribution in [0.3, 0.4) is 0 Å². The first kappa shape index (κ1) is 31.1. The molecule has 30 heavy (non-hydrogen) atoms. The number of hydrogen-bond donors (Lipinski definition) is 11. The highest BCUT2D eigenvalue weighted by atomic mass is 31.2. The van der Waals surface area contributed by atoms with Crippen molar-refractivity contribution in [3.8, 4) is 0 Å². The second-order valence-corrected chi connectivity index (χ2v) is 8.46. The zero-order chi connectivity index (χ0) is 24.5. The van der Waals surface area contributed by atoms with E-state index in [2.05, 4.69) is 4.98 Å². The van der Waals surface area contributed by atoms with E-state index < -0.39 is 35.0 Å². The van der Waals surface area contributed by atoms with Gasteiger partial charge in [0.15, 0.2) is 11.6 Å². The number of nitrogen functional groups attached to an aromatic ring is 1. The smallest absolute Gasteiger partial charge is 0.396 e. The van der Waals surface area contributed by atoms with Crippen molar-refractivity contribution in [1.82, 2.24) is 9.55 Å². The molecule has 0 radical (unpaired) electrons. The van der Waals surface area contributed by atoms with Crippen LogP contribution in [0.25, 0.3) is 0 Å². The molecule has 0 spiro atoms. The maximum absolute atomic E-state index is 13.1. The van der Waals surface area contributed by atoms with Gasteiger partial charge in [-0.2, -0.15) is 4.98 Å². The van der Waals surface area contributed by atoms with Gasteiger partial charge in [0, 0.05) is 18.8 Å². The number of aromatic nitrogens is 2. The number of phosphoric acid groups is 3. The van der Waals surface area contributed by atoms with Gasteiger partial charge in [-0.25, -0.2) is 22.9 Å². The van der Waals surface area contributed by atoms with Crippen molar-refractivity contribution in [2.45, 2.75) is 18.9 Å². The lowest BCUT2D eigenvalue weighted by atomic mass is 9.81. The minimum atomic E-state index is -4.64. The summed E-state index contributed by atoms with van der Waals surface area (Å²) < 4.78 is 41.0. The summed E-state index contributed by atoms with van der Waals surface area (Å²) >= 11 is 0. The van der Waals surface area contributed by atoms with Gasteiger partial charge in [-0.1, -0.05) is 0 Å². The quantitative estimate of drug-likeness (QED) is 0.179. The van der Waals surface area contributed by atoms with E-state index in [1.54, 1.807) is 0 Å². The van der Waals surface area contributed by atoms with Crippen LogP contribution in [0.2, 0.25) is 0 Å². The molecule has 0 saturated heterocycles. The van der Waals surface area contributed by atoms with Crippen molar-refractivity contribution in [2.24, 2.45) is 5.92 Å². The molecule has 1 saturated carbocycles. The molecule has 1 aliphatic carbocycles. The summed E-state index contributed by atoms with van der Waals surface area (Å²) in [7, 11) is -13.9. The standard InChI is InChI=1S/C9H12FN3O2.3H3O4P/c10-7-3-13(9(15)12-8(7)11)6-1-5(2-6)4-14;3*1-5(2,3)4/h3,5-6,14H,1-2,4H2,(H2,11,12,15);3*(H3,1,2,3,4). The molecule has 21 heteroatoms. The number of aliphatic hydroxyl groups is 1. The second-order valence-electron chi connectivity index (χ2n) is 5.38. The maximum atomic E-state index is 13.1. The van der Waals surface area contributed by atoms with E-state index in [-0.39, 0.29) is 24.4 Å². The average Bonchev–Trinajstić information content (AvgIpc) is 2.37. The number of aliphatic hydroxyl groups excluding tert-OH is 1. The van der Waals surface area contributed by atoms with Gasteiger partial charge in [0.2, 0.25) is 0 Å². The van der Waals surface area contributed by atoms with Crippen LogP contribution in [0.4, 0.5) is 10.2 Å². The molecule has 178 valence electrons. The molecular formula is C9H21FN3O14P3. The van der Waals surface area contributed by atoms with Crippen LogP contribution in [-0.2, 0) is 13.7 Å². The Hall–Kier alpha value is -1.10. The molecule has 0 bridgehead atoms. The van der Waals surface area contributed by atoms with Crippen molar-refractivity contribution in [3.63, 3.8) is 0 Å². The summed E-state index contributed by atoms with van der Waals surface area (Å²) in [6.45, 7) is 0.107. The van der Waals surface area contributed by atoms with Crippen molar-refractivity contribution < 1.29 is 67.2 Å². The lowest BCUT2D eigenvalue weighted by Gasteiger charge is -2.34. The number of nitrogens with zero attached hydrogens (tertiary/aromatic N) is 2. The first-order valence-electron chi connectivity index (χ1n) is 7.11. The average molecular weight is 507 g/mol. The van der Waals surface area contributed by atoms with Crippen molar-refractivity contribution >= 4 is 29.3 Å². The van der Waals surface area contributed by atoms with Gasteiger partial charge >= 0.3 is 29.2 Å². The highest BCUT2D eigenvalue weighted by Gasteiger charge is 2.31. The topological polar surface area (TPSA) is 314 Å². The number of anilines is 1. The monoisotopic (exact) mass is 507 g/mol. The Morgan fingerprint density at radius 1 is 0.967 bits per heavy atom. The van der Waals surface area contributed by atoms with E-state index in [9.17, 15) is 9.18 Å². The fourth-order valence-corrected chi connectivity index (χ4v) is 1.80. The lowest BCUT2D eigenvalue weighted by Crippen LogP contribution is -2.36. The van der Waals surface area contributed by atoms with Crippen LogP contribution < -0.4 is 11.4 Å². The summed E-state index contributed by atoms with van der Waals surface area (Å²) in [5.41, 5.74) is 4.63. The highest BCUT2D eigenvalue weighted by molar-refractivity contribution is 7.45. The number of nitrogens with two attached hydrogens (primary N) is 1. The third-order valence-corrected chi connectivity index (χ3v) is 2.80. The number of halogens is 1. The number of hydrogen-bond acceptors (Lipinski definition) is 7. The molecule has 1 aliphatic rings. The van der Waals surface area contributed by atoms with Crippen molar-refractivity contribution in [3.05, 3.63) is 22.5 Å². The molecule has 1 aromatic rings. The summed E-state index contributed by atoms with van der Waals surface area (Å²) in [4.78, 5) is 79.4. The van der Waals surface area contributed by atoms with Gasteiger partial charge in [0.1, 0.15) is 0 Å². The molecule has 1 heterocycles. The summed E-state index contributed by atoms with van der Waals surface area (Å²) in [6, 6.07) is -0.0581. The molecule has 0 amide bonds. The van der Waals surface area contributed by atoms with E-state index in [4.69, 9.17) is 68.6 Å². The Labute approximate surface area is 166 Å². The van der Waals surface area contributed by atoms with Crippen molar-refractivity contribution in [2.75, 3.05) is 12.3 Å². The minimum Gasteiger partial charge on any atom is -0.396 e. The zero-order valence-electron chi connectivity index (χ0n) is 14.6. The highest BCUT2D eigenvalue weighted by Crippen LogP contribution is 2.36. The summed E-state index contributed by atoms with van der Waals surface area (Å²) in [5.74, 6) is -0.834. The van der Waals surface area contributed by atoms with Crippen LogP contribution in [-0.4, -0.2) is 65.3 Å². The predicted molar refractivity (Wildman–Crippen MR) is 94.5 cm³/mol. The van der Waals surface area contributed by atoms with Crippen LogP contribution in [0.5, 0.6) is 0 Å². The van der Waals surface area contributed by atoms with E-state index in [1.165, 1.54) is 4.57 Å². The van der Waals surface area contributed by atoms with Crippen LogP contribution in [0.1, 0.15) is 18.9 Å². The van der Waals surface area contributed by atoms with Gasteiger partial charge in [-0.15, -0.1) is 0 Å². The number of rotatable bonds is 2. The molecule has 0 aromatic carbocycles. The summed E-state index contributed by atoms with van der Waals surface area (Å²) in [6.07, 6.45) is 2.45. The Bertz CT molecular complexity index is 784. The van der Waals surface area contributed by atoms with Crippen LogP contribution in [0, 0.1) is 11.7 Å². The molecule has 1 aromatic heterocycles. The third-order valence-electron chi connectivity index (χ3n) is 2.80. The second kappa shape index (κ2) is 12.7. The Morgan fingerprint density at radius 2 is 1.30 bits per heavy atom. The lowest BCUT2D eigenvalue weighted by molar-refractivity contribution is 0.109. The molecule has 17 nitrogen and oxygen atoms in total. The fraction of sp³-hybridized carbons (Fsp3) is 0.556. The van der Waals surface area contributed by atoms with E-state index in [1.807, 2.05) is 0 Å². The molecule has 0 aliphatic heterocycles. The molecule has 0 atom stereocenters. The SMILES string of the molecule is Nc1nc(=O)n(C2CC(CO)C2)cc1F.O=P(O)(O)O.O=P(O)(O)O.O=P(O)(O)O. The first-order valence-corrected chi connectivity index (χ1v) is 11.8. The third kappa shape index (κ3) is 21.6. The molecule has 2 rings (SSSR count). The van der Waals surface area contributed by atoms with Gasteiger partial charge in [-0.3, -0.25) is 4.57 Å². The van der Waals surface area contributed by atoms with E-state index in [0.717, 1.165) is 6.20 Å². The molecule has 0 unspecified atom stereocenters. The zero-order valence-corrected chi connectivity index (χ0v) is 17.3. The van der Waals surface area contributed by atoms with Crippen molar-refractivity contribution in [1.29, 1.82) is 0 Å². The Morgan fingerprint density at radius 3 is 1.60 bits per heavy atom. The van der Waals surface area contributed by atoms with Gasteiger partial charge in [0.05, 0.1) is 0 Å². The van der Waals surface area contributed by atoms with Gasteiger partial charge < -0.3 is 54.9 Å². The molecular weight excluding hydrogens is 486 g/mol. The maximum Gasteiger partial charge on any atom is 0.466 e. The minimum absolute atomic E-state index is 0.0581. The Kier molecular flexibility index (Phi) is 13.1. The normalized spacial score (nSPS) is 18.4. The van der Waals surface area contributed by atoms with Crippen LogP contribution in [0.15, 0.2) is 11.0 Å². The first-order chi connectivity index (χ1) is 13.1. The van der Waals surface area contributed by atoms with E-state index in [0.29, 0.717) is 12.8 Å². The van der Waals surface area contributed by atoms with E-state index >= 15 is 0 Å². The summed E-state index contributed by atoms with van der Waals surface area (Å²) in [5, 5.41) is 8.82. The Balaban J connectivity index is 0.